The monoisotopic (exact) mass is 496 g/mol. The Bertz CT molecular complexity index is 794. The number of ether oxygens (including phenoxy) is 1. The fraction of sp³-hybridized carbons (Fsp3) is 0.600. The molecule has 0 aliphatic carbocycles. The number of halogens is 3. The highest BCUT2D eigenvalue weighted by molar-refractivity contribution is 7.89. The number of nitrogens with zero attached hydrogens (tertiary/aromatic N) is 1. The molecule has 174 valence electrons. The molecule has 0 aromatic heterocycles. The van der Waals surface area contributed by atoms with Crippen LogP contribution < -0.4 is 9.50 Å². The van der Waals surface area contributed by atoms with E-state index in [1.54, 1.807) is 25.7 Å². The van der Waals surface area contributed by atoms with Gasteiger partial charge in [0.05, 0.1) is 10.0 Å². The van der Waals surface area contributed by atoms with Gasteiger partial charge in [0, 0.05) is 43.6 Å². The lowest BCUT2D eigenvalue weighted by Crippen LogP contribution is -2.40. The molecular weight excluding hydrogens is 470 g/mol. The van der Waals surface area contributed by atoms with Gasteiger partial charge >= 0.3 is 6.09 Å². The summed E-state index contributed by atoms with van der Waals surface area (Å²) in [6.45, 7) is 5.99. The number of amides is 2. The van der Waals surface area contributed by atoms with E-state index in [4.69, 9.17) is 32.1 Å². The molecule has 0 saturated carbocycles. The maximum Gasteiger partial charge on any atom is 0.410 e. The number of benzene rings is 1. The summed E-state index contributed by atoms with van der Waals surface area (Å²) in [5.41, 5.74) is -0.227. The van der Waals surface area contributed by atoms with Crippen LogP contribution in [-0.2, 0) is 9.53 Å². The first-order valence-corrected chi connectivity index (χ1v) is 11.3. The molecule has 1 aromatic rings. The normalized spacial score (nSPS) is 17.4. The third-order valence-corrected chi connectivity index (χ3v) is 5.80. The second-order valence-corrected chi connectivity index (χ2v) is 9.39. The zero-order chi connectivity index (χ0) is 23.2. The Morgan fingerprint density at radius 3 is 2.71 bits per heavy atom. The molecule has 1 aliphatic heterocycles. The van der Waals surface area contributed by atoms with Crippen molar-refractivity contribution in [3.05, 3.63) is 27.7 Å². The standard InChI is InChI=1S/C20H27Cl2FN2O5S/c1-20(2,3)29-19(28)25-8-6-13(11-25)24-16(27)10-12(7-9-26)17-15(30-31-23)5-4-14(21)18(17)22/h4-5,12-13,26H,6-11H2,1-3H3,(H,24,27). The summed E-state index contributed by atoms with van der Waals surface area (Å²) in [5, 5.41) is 12.8. The molecule has 11 heteroatoms. The highest BCUT2D eigenvalue weighted by Crippen LogP contribution is 2.42. The lowest BCUT2D eigenvalue weighted by Gasteiger charge is -2.24. The minimum absolute atomic E-state index is 0.0170. The highest BCUT2D eigenvalue weighted by Gasteiger charge is 2.31. The first-order valence-electron chi connectivity index (χ1n) is 9.87. The summed E-state index contributed by atoms with van der Waals surface area (Å²) in [5.74, 6) is -0.684. The zero-order valence-electron chi connectivity index (χ0n) is 17.6. The molecule has 7 nitrogen and oxygen atoms in total. The average molecular weight is 497 g/mol. The fourth-order valence-corrected chi connectivity index (χ4v) is 4.11. The summed E-state index contributed by atoms with van der Waals surface area (Å²) in [6, 6.07) is 2.72. The van der Waals surface area contributed by atoms with E-state index in [0.717, 1.165) is 0 Å². The van der Waals surface area contributed by atoms with E-state index in [2.05, 4.69) is 5.32 Å². The molecule has 1 aromatic carbocycles. The van der Waals surface area contributed by atoms with Crippen LogP contribution in [0.1, 0.15) is 51.5 Å². The maximum absolute atomic E-state index is 12.7. The van der Waals surface area contributed by atoms with Gasteiger partial charge in [-0.2, -0.15) is 0 Å². The van der Waals surface area contributed by atoms with Crippen molar-refractivity contribution in [2.45, 2.75) is 57.6 Å². The number of aliphatic hydroxyl groups is 1. The Kier molecular flexibility index (Phi) is 9.54. The van der Waals surface area contributed by atoms with E-state index in [-0.39, 0.29) is 59.6 Å². The van der Waals surface area contributed by atoms with Crippen molar-refractivity contribution in [2.75, 3.05) is 19.7 Å². The van der Waals surface area contributed by atoms with Gasteiger partial charge in [0.15, 0.2) is 0 Å². The third-order valence-electron chi connectivity index (χ3n) is 4.74. The van der Waals surface area contributed by atoms with Gasteiger partial charge in [-0.15, -0.1) is 3.89 Å². The van der Waals surface area contributed by atoms with Crippen molar-refractivity contribution in [2.24, 2.45) is 0 Å². The van der Waals surface area contributed by atoms with Crippen LogP contribution in [0.5, 0.6) is 5.75 Å². The highest BCUT2D eigenvalue weighted by atomic mass is 35.5. The second-order valence-electron chi connectivity index (χ2n) is 8.31. The molecule has 1 aliphatic rings. The average Bonchev–Trinajstić information content (AvgIpc) is 3.12. The van der Waals surface area contributed by atoms with Crippen molar-refractivity contribution in [1.82, 2.24) is 10.2 Å². The zero-order valence-corrected chi connectivity index (χ0v) is 19.9. The van der Waals surface area contributed by atoms with Crippen LogP contribution in [0.3, 0.4) is 0 Å². The van der Waals surface area contributed by atoms with Gasteiger partial charge in [0.2, 0.25) is 5.91 Å². The number of hydrogen-bond acceptors (Lipinski definition) is 6. The summed E-state index contributed by atoms with van der Waals surface area (Å²) in [4.78, 5) is 26.5. The van der Waals surface area contributed by atoms with Crippen LogP contribution in [0.15, 0.2) is 12.1 Å². The van der Waals surface area contributed by atoms with E-state index in [9.17, 15) is 18.6 Å². The van der Waals surface area contributed by atoms with Crippen LogP contribution >= 0.6 is 35.6 Å². The first kappa shape index (κ1) is 25.8. The van der Waals surface area contributed by atoms with Crippen molar-refractivity contribution < 1.29 is 27.5 Å². The Balaban J connectivity index is 2.05. The topological polar surface area (TPSA) is 88.1 Å². The number of likely N-dealkylation sites (tertiary alicyclic amines) is 1. The molecule has 1 saturated heterocycles. The largest absolute Gasteiger partial charge is 0.444 e. The summed E-state index contributed by atoms with van der Waals surface area (Å²) < 4.78 is 23.0. The summed E-state index contributed by atoms with van der Waals surface area (Å²) in [7, 11) is 0. The summed E-state index contributed by atoms with van der Waals surface area (Å²) in [6.07, 6.45) is 0.367. The Hall–Kier alpha value is -1.42. The molecule has 2 rings (SSSR count). The third kappa shape index (κ3) is 7.59. The molecule has 0 spiro atoms. The van der Waals surface area contributed by atoms with E-state index in [1.807, 2.05) is 0 Å². The van der Waals surface area contributed by atoms with Crippen LogP contribution in [0.4, 0.5) is 8.68 Å². The fourth-order valence-electron chi connectivity index (χ4n) is 3.42. The molecule has 2 amide bonds. The SMILES string of the molecule is CC(C)(C)OC(=O)N1CCC(NC(=O)CC(CCO)c2c(OSF)ccc(Cl)c2Cl)C1. The van der Waals surface area contributed by atoms with Crippen molar-refractivity contribution in [3.63, 3.8) is 0 Å². The van der Waals surface area contributed by atoms with Gasteiger partial charge in [-0.05, 0) is 45.7 Å². The first-order chi connectivity index (χ1) is 14.6. The van der Waals surface area contributed by atoms with Gasteiger partial charge in [-0.25, -0.2) is 4.79 Å². The lowest BCUT2D eigenvalue weighted by atomic mass is 9.91. The molecule has 2 unspecified atom stereocenters. The second kappa shape index (κ2) is 11.4. The molecule has 2 atom stereocenters. The Morgan fingerprint density at radius 2 is 2.10 bits per heavy atom. The van der Waals surface area contributed by atoms with Gasteiger partial charge in [-0.1, -0.05) is 23.2 Å². The molecule has 1 heterocycles. The number of aliphatic hydroxyl groups excluding tert-OH is 1. The van der Waals surface area contributed by atoms with Crippen LogP contribution in [-0.4, -0.2) is 53.3 Å². The minimum Gasteiger partial charge on any atom is -0.444 e. The van der Waals surface area contributed by atoms with E-state index in [1.165, 1.54) is 12.1 Å². The smallest absolute Gasteiger partial charge is 0.410 e. The van der Waals surface area contributed by atoms with Crippen molar-refractivity contribution >= 4 is 47.6 Å². The number of nitrogens with one attached hydrogen (secondary N) is 1. The molecule has 31 heavy (non-hydrogen) atoms. The maximum atomic E-state index is 12.7. The van der Waals surface area contributed by atoms with Crippen LogP contribution in [0.2, 0.25) is 10.0 Å². The molecule has 2 N–H and O–H groups in total. The number of carbonyl (C=O) groups is 2. The lowest BCUT2D eigenvalue weighted by molar-refractivity contribution is -0.122. The molecular formula is C20H27Cl2FN2O5S. The molecule has 0 bridgehead atoms. The predicted molar refractivity (Wildman–Crippen MR) is 119 cm³/mol. The number of carbonyl (C=O) groups excluding carboxylic acids is 2. The molecule has 1 fully saturated rings. The van der Waals surface area contributed by atoms with Crippen LogP contribution in [0, 0.1) is 0 Å². The van der Waals surface area contributed by atoms with Crippen molar-refractivity contribution in [1.29, 1.82) is 0 Å². The predicted octanol–water partition coefficient (Wildman–Crippen LogP) is 4.89. The molecule has 0 radical (unpaired) electrons. The minimum atomic E-state index is -0.593. The quantitative estimate of drug-likeness (QED) is 0.498. The number of rotatable bonds is 8. The van der Waals surface area contributed by atoms with E-state index >= 15 is 0 Å². The van der Waals surface area contributed by atoms with Gasteiger partial charge in [0.25, 0.3) is 12.4 Å². The van der Waals surface area contributed by atoms with E-state index < -0.39 is 17.6 Å². The Labute approximate surface area is 196 Å². The van der Waals surface area contributed by atoms with Crippen molar-refractivity contribution in [3.8, 4) is 5.75 Å². The summed E-state index contributed by atoms with van der Waals surface area (Å²) >= 11 is 12.1. The number of hydrogen-bond donors (Lipinski definition) is 2. The Morgan fingerprint density at radius 1 is 1.39 bits per heavy atom. The van der Waals surface area contributed by atoms with Gasteiger partial charge in [0.1, 0.15) is 11.4 Å². The van der Waals surface area contributed by atoms with Gasteiger partial charge in [-0.3, -0.25) is 4.79 Å². The van der Waals surface area contributed by atoms with Crippen LogP contribution in [0.25, 0.3) is 0 Å². The van der Waals surface area contributed by atoms with E-state index in [0.29, 0.717) is 25.1 Å². The van der Waals surface area contributed by atoms with Gasteiger partial charge < -0.3 is 24.2 Å².